The molecule has 1 aromatic rings. The predicted molar refractivity (Wildman–Crippen MR) is 73.4 cm³/mol. The second-order valence-corrected chi connectivity index (χ2v) is 5.21. The van der Waals surface area contributed by atoms with E-state index < -0.39 is 18.9 Å². The predicted octanol–water partition coefficient (Wildman–Crippen LogP) is 1.32. The highest BCUT2D eigenvalue weighted by atomic mass is 19.3. The molecule has 0 bridgehead atoms. The van der Waals surface area contributed by atoms with Crippen LogP contribution in [0.15, 0.2) is 6.20 Å². The van der Waals surface area contributed by atoms with Crippen molar-refractivity contribution in [3.05, 3.63) is 11.9 Å². The van der Waals surface area contributed by atoms with Crippen LogP contribution in [-0.2, 0) is 0 Å². The van der Waals surface area contributed by atoms with Gasteiger partial charge in [0, 0.05) is 6.54 Å². The molecule has 0 radical (unpaired) electrons. The highest BCUT2D eigenvalue weighted by Gasteiger charge is 2.23. The summed E-state index contributed by atoms with van der Waals surface area (Å²) in [5.74, 6) is -0.475. The first-order chi connectivity index (χ1) is 10.1. The van der Waals surface area contributed by atoms with Crippen molar-refractivity contribution in [2.75, 3.05) is 26.2 Å². The number of carbonyl (C=O) groups excluding carboxylic acids is 1. The van der Waals surface area contributed by atoms with Crippen molar-refractivity contribution >= 4 is 5.91 Å². The molecule has 1 amide bonds. The third kappa shape index (κ3) is 4.20. The van der Waals surface area contributed by atoms with Gasteiger partial charge in [-0.25, -0.2) is 13.5 Å². The lowest BCUT2D eigenvalue weighted by Crippen LogP contribution is -2.36. The lowest BCUT2D eigenvalue weighted by Gasteiger charge is -2.22. The largest absolute Gasteiger partial charge is 0.331 e. The first-order valence-electron chi connectivity index (χ1n) is 7.31. The van der Waals surface area contributed by atoms with E-state index in [1.807, 2.05) is 6.92 Å². The Morgan fingerprint density at radius 1 is 1.52 bits per heavy atom. The molecule has 1 aliphatic rings. The number of rotatable bonds is 6. The molecule has 0 atom stereocenters. The van der Waals surface area contributed by atoms with Crippen LogP contribution in [0.2, 0.25) is 0 Å². The van der Waals surface area contributed by atoms with Gasteiger partial charge in [-0.15, -0.1) is 5.10 Å². The van der Waals surface area contributed by atoms with Gasteiger partial charge in [0.1, 0.15) is 0 Å². The number of nitrogens with one attached hydrogen (secondary N) is 1. The van der Waals surface area contributed by atoms with Gasteiger partial charge < -0.3 is 10.2 Å². The van der Waals surface area contributed by atoms with Crippen LogP contribution < -0.4 is 5.32 Å². The second kappa shape index (κ2) is 7.44. The quantitative estimate of drug-likeness (QED) is 0.861. The van der Waals surface area contributed by atoms with Crippen LogP contribution in [0.4, 0.5) is 8.78 Å². The lowest BCUT2D eigenvalue weighted by molar-refractivity contribution is 0.0550. The molecule has 0 unspecified atom stereocenters. The molecule has 1 N–H and O–H groups in total. The molecule has 118 valence electrons. The Balaban J connectivity index is 2.05. The summed E-state index contributed by atoms with van der Waals surface area (Å²) in [4.78, 5) is 13.4. The second-order valence-electron chi connectivity index (χ2n) is 5.21. The maximum Gasteiger partial charge on any atom is 0.276 e. The number of aromatic nitrogens is 3. The van der Waals surface area contributed by atoms with Gasteiger partial charge in [0.15, 0.2) is 5.69 Å². The third-order valence-electron chi connectivity index (χ3n) is 3.55. The van der Waals surface area contributed by atoms with Gasteiger partial charge >= 0.3 is 0 Å². The van der Waals surface area contributed by atoms with E-state index in [0.717, 1.165) is 30.8 Å². The topological polar surface area (TPSA) is 63.1 Å². The van der Waals surface area contributed by atoms with Crippen LogP contribution in [0, 0.1) is 0 Å². The van der Waals surface area contributed by atoms with Crippen LogP contribution >= 0.6 is 0 Å². The van der Waals surface area contributed by atoms with Gasteiger partial charge in [-0.1, -0.05) is 12.1 Å². The summed E-state index contributed by atoms with van der Waals surface area (Å²) in [5, 5.41) is 11.1. The fourth-order valence-corrected chi connectivity index (χ4v) is 2.50. The summed E-state index contributed by atoms with van der Waals surface area (Å²) in [7, 11) is 0. The summed E-state index contributed by atoms with van der Waals surface area (Å²) >= 11 is 0. The molecular weight excluding hydrogens is 280 g/mol. The molecule has 1 aromatic heterocycles. The van der Waals surface area contributed by atoms with Gasteiger partial charge in [-0.2, -0.15) is 0 Å². The summed E-state index contributed by atoms with van der Waals surface area (Å²) < 4.78 is 26.8. The van der Waals surface area contributed by atoms with E-state index in [2.05, 4.69) is 15.6 Å². The standard InChI is InChI=1S/C13H21F2N5O/c1-2-7-19(9-12(14)15)13(21)11-8-20(18-17-11)10-3-5-16-6-4-10/h8,10,12,16H,2-7,9H2,1H3. The summed E-state index contributed by atoms with van der Waals surface area (Å²) in [6.45, 7) is 3.39. The van der Waals surface area contributed by atoms with Crippen LogP contribution in [-0.4, -0.2) is 58.4 Å². The molecule has 1 fully saturated rings. The Morgan fingerprint density at radius 3 is 2.86 bits per heavy atom. The molecule has 6 nitrogen and oxygen atoms in total. The number of amides is 1. The first kappa shape index (κ1) is 15.8. The monoisotopic (exact) mass is 301 g/mol. The Labute approximate surface area is 122 Å². The zero-order chi connectivity index (χ0) is 15.2. The van der Waals surface area contributed by atoms with Gasteiger partial charge in [0.05, 0.1) is 18.8 Å². The van der Waals surface area contributed by atoms with Gasteiger partial charge in [0.25, 0.3) is 12.3 Å². The minimum atomic E-state index is -2.54. The van der Waals surface area contributed by atoms with Crippen LogP contribution in [0.25, 0.3) is 0 Å². The number of hydrogen-bond acceptors (Lipinski definition) is 4. The molecule has 0 spiro atoms. The lowest BCUT2D eigenvalue weighted by atomic mass is 10.1. The van der Waals surface area contributed by atoms with Gasteiger partial charge in [-0.05, 0) is 32.4 Å². The maximum atomic E-state index is 12.5. The molecule has 1 aliphatic heterocycles. The SMILES string of the molecule is CCCN(CC(F)F)C(=O)c1cn(C2CCNCC2)nn1. The number of halogens is 2. The molecule has 2 heterocycles. The highest BCUT2D eigenvalue weighted by Crippen LogP contribution is 2.17. The maximum absolute atomic E-state index is 12.5. The van der Waals surface area contributed by atoms with E-state index in [-0.39, 0.29) is 11.7 Å². The van der Waals surface area contributed by atoms with Crippen LogP contribution in [0.1, 0.15) is 42.7 Å². The average Bonchev–Trinajstić information content (AvgIpc) is 2.96. The minimum Gasteiger partial charge on any atom is -0.331 e. The number of nitrogens with zero attached hydrogens (tertiary/aromatic N) is 4. The van der Waals surface area contributed by atoms with E-state index in [1.54, 1.807) is 10.9 Å². The van der Waals surface area contributed by atoms with Crippen molar-refractivity contribution in [3.8, 4) is 0 Å². The van der Waals surface area contributed by atoms with Crippen LogP contribution in [0.3, 0.4) is 0 Å². The van der Waals surface area contributed by atoms with E-state index in [4.69, 9.17) is 0 Å². The van der Waals surface area contributed by atoms with Crippen molar-refractivity contribution in [2.45, 2.75) is 38.7 Å². The van der Waals surface area contributed by atoms with E-state index in [9.17, 15) is 13.6 Å². The molecule has 0 aliphatic carbocycles. The van der Waals surface area contributed by atoms with E-state index >= 15 is 0 Å². The van der Waals surface area contributed by atoms with E-state index in [0.29, 0.717) is 13.0 Å². The summed E-state index contributed by atoms with van der Waals surface area (Å²) in [6, 6.07) is 0.218. The highest BCUT2D eigenvalue weighted by molar-refractivity contribution is 5.91. The molecule has 2 rings (SSSR count). The molecule has 0 aromatic carbocycles. The molecule has 1 saturated heterocycles. The normalized spacial score (nSPS) is 16.4. The fourth-order valence-electron chi connectivity index (χ4n) is 2.50. The Bertz CT molecular complexity index is 459. The Morgan fingerprint density at radius 2 is 2.24 bits per heavy atom. The summed E-state index contributed by atoms with van der Waals surface area (Å²) in [5.41, 5.74) is 0.141. The molecule has 8 heteroatoms. The van der Waals surface area contributed by atoms with Gasteiger partial charge in [0.2, 0.25) is 0 Å². The Kier molecular flexibility index (Phi) is 5.60. The number of alkyl halides is 2. The van der Waals surface area contributed by atoms with Crippen molar-refractivity contribution in [2.24, 2.45) is 0 Å². The van der Waals surface area contributed by atoms with Crippen molar-refractivity contribution < 1.29 is 13.6 Å². The number of carbonyl (C=O) groups is 1. The van der Waals surface area contributed by atoms with Gasteiger partial charge in [-0.3, -0.25) is 4.79 Å². The number of piperidine rings is 1. The fraction of sp³-hybridized carbons (Fsp3) is 0.769. The summed E-state index contributed by atoms with van der Waals surface area (Å²) in [6.07, 6.45) is 1.51. The smallest absolute Gasteiger partial charge is 0.276 e. The van der Waals surface area contributed by atoms with Crippen molar-refractivity contribution in [3.63, 3.8) is 0 Å². The minimum absolute atomic E-state index is 0.141. The first-order valence-corrected chi connectivity index (χ1v) is 7.31. The number of hydrogen-bond donors (Lipinski definition) is 1. The zero-order valence-electron chi connectivity index (χ0n) is 12.1. The molecule has 0 saturated carbocycles. The zero-order valence-corrected chi connectivity index (χ0v) is 12.1. The van der Waals surface area contributed by atoms with Crippen molar-refractivity contribution in [1.29, 1.82) is 0 Å². The Hall–Kier alpha value is -1.57. The van der Waals surface area contributed by atoms with E-state index in [1.165, 1.54) is 0 Å². The molecular formula is C13H21F2N5O. The third-order valence-corrected chi connectivity index (χ3v) is 3.55. The van der Waals surface area contributed by atoms with Crippen LogP contribution in [0.5, 0.6) is 0 Å². The van der Waals surface area contributed by atoms with Crippen molar-refractivity contribution in [1.82, 2.24) is 25.2 Å². The molecule has 21 heavy (non-hydrogen) atoms. The average molecular weight is 301 g/mol.